The lowest BCUT2D eigenvalue weighted by Crippen LogP contribution is -2.49. The van der Waals surface area contributed by atoms with E-state index in [0.717, 1.165) is 38.9 Å². The SMILES string of the molecule is CN1CCCC(NC(=O)NCCCn2ccc3ccccc32)C1. The maximum Gasteiger partial charge on any atom is 0.315 e. The summed E-state index contributed by atoms with van der Waals surface area (Å²) < 4.78 is 2.24. The molecule has 1 aliphatic rings. The van der Waals surface area contributed by atoms with Crippen molar-refractivity contribution in [3.63, 3.8) is 0 Å². The van der Waals surface area contributed by atoms with Crippen molar-refractivity contribution in [1.29, 1.82) is 0 Å². The van der Waals surface area contributed by atoms with Crippen LogP contribution in [0.4, 0.5) is 4.79 Å². The highest BCUT2D eigenvalue weighted by Crippen LogP contribution is 2.15. The van der Waals surface area contributed by atoms with E-state index < -0.39 is 0 Å². The van der Waals surface area contributed by atoms with E-state index >= 15 is 0 Å². The maximum absolute atomic E-state index is 11.9. The Kier molecular flexibility index (Phi) is 5.18. The number of likely N-dealkylation sites (tertiary alicyclic amines) is 1. The van der Waals surface area contributed by atoms with Crippen molar-refractivity contribution in [2.24, 2.45) is 0 Å². The zero-order valence-corrected chi connectivity index (χ0v) is 13.8. The smallest absolute Gasteiger partial charge is 0.315 e. The summed E-state index contributed by atoms with van der Waals surface area (Å²) in [5.41, 5.74) is 1.25. The Morgan fingerprint density at radius 3 is 3.04 bits per heavy atom. The second kappa shape index (κ2) is 7.51. The van der Waals surface area contributed by atoms with E-state index in [1.54, 1.807) is 0 Å². The molecule has 5 nitrogen and oxygen atoms in total. The number of aryl methyl sites for hydroxylation is 1. The highest BCUT2D eigenvalue weighted by atomic mass is 16.2. The summed E-state index contributed by atoms with van der Waals surface area (Å²) in [6, 6.07) is 10.8. The van der Waals surface area contributed by atoms with Crippen LogP contribution in [0.2, 0.25) is 0 Å². The summed E-state index contributed by atoms with van der Waals surface area (Å²) in [6.07, 6.45) is 5.27. The molecule has 1 aromatic heterocycles. The number of fused-ring (bicyclic) bond motifs is 1. The third kappa shape index (κ3) is 4.26. The molecule has 0 saturated carbocycles. The van der Waals surface area contributed by atoms with Crippen molar-refractivity contribution in [3.05, 3.63) is 36.5 Å². The average Bonchev–Trinajstić information content (AvgIpc) is 2.95. The Morgan fingerprint density at radius 1 is 1.30 bits per heavy atom. The molecule has 0 radical (unpaired) electrons. The van der Waals surface area contributed by atoms with Crippen LogP contribution in [0, 0.1) is 0 Å². The molecular weight excluding hydrogens is 288 g/mol. The molecule has 23 heavy (non-hydrogen) atoms. The molecule has 1 atom stereocenters. The number of amides is 2. The number of nitrogens with zero attached hydrogens (tertiary/aromatic N) is 2. The van der Waals surface area contributed by atoms with Gasteiger partial charge in [0.2, 0.25) is 0 Å². The highest BCUT2D eigenvalue weighted by molar-refractivity contribution is 5.79. The summed E-state index contributed by atoms with van der Waals surface area (Å²) in [5, 5.41) is 7.31. The lowest BCUT2D eigenvalue weighted by molar-refractivity contribution is 0.209. The second-order valence-electron chi connectivity index (χ2n) is 6.42. The van der Waals surface area contributed by atoms with Crippen molar-refractivity contribution in [3.8, 4) is 0 Å². The third-order valence-corrected chi connectivity index (χ3v) is 4.50. The topological polar surface area (TPSA) is 49.3 Å². The van der Waals surface area contributed by atoms with E-state index in [-0.39, 0.29) is 12.1 Å². The number of hydrogen-bond donors (Lipinski definition) is 2. The van der Waals surface area contributed by atoms with Crippen molar-refractivity contribution >= 4 is 16.9 Å². The molecular formula is C18H26N4O. The Morgan fingerprint density at radius 2 is 2.17 bits per heavy atom. The van der Waals surface area contributed by atoms with E-state index in [9.17, 15) is 4.79 Å². The number of para-hydroxylation sites is 1. The van der Waals surface area contributed by atoms with Crippen molar-refractivity contribution in [2.75, 3.05) is 26.7 Å². The van der Waals surface area contributed by atoms with E-state index in [1.807, 2.05) is 0 Å². The summed E-state index contributed by atoms with van der Waals surface area (Å²) in [4.78, 5) is 14.2. The fourth-order valence-electron chi connectivity index (χ4n) is 3.31. The fraction of sp³-hybridized carbons (Fsp3) is 0.500. The van der Waals surface area contributed by atoms with E-state index in [0.29, 0.717) is 6.54 Å². The molecule has 1 unspecified atom stereocenters. The van der Waals surface area contributed by atoms with Crippen LogP contribution in [-0.2, 0) is 6.54 Å². The standard InChI is InChI=1S/C18H26N4O/c1-21-11-4-7-16(14-21)20-18(23)19-10-5-12-22-13-9-15-6-2-3-8-17(15)22/h2-3,6,8-9,13,16H,4-5,7,10-12,14H2,1H3,(H2,19,20,23). The molecule has 1 aromatic carbocycles. The fourth-order valence-corrected chi connectivity index (χ4v) is 3.31. The second-order valence-corrected chi connectivity index (χ2v) is 6.42. The number of aromatic nitrogens is 1. The van der Waals surface area contributed by atoms with Gasteiger partial charge in [-0.05, 0) is 50.4 Å². The summed E-state index contributed by atoms with van der Waals surface area (Å²) in [7, 11) is 2.10. The van der Waals surface area contributed by atoms with Crippen LogP contribution in [0.25, 0.3) is 10.9 Å². The van der Waals surface area contributed by atoms with Crippen LogP contribution in [0.5, 0.6) is 0 Å². The Bertz CT molecular complexity index is 651. The first-order valence-corrected chi connectivity index (χ1v) is 8.49. The van der Waals surface area contributed by atoms with Gasteiger partial charge in [0.15, 0.2) is 0 Å². The lowest BCUT2D eigenvalue weighted by Gasteiger charge is -2.30. The van der Waals surface area contributed by atoms with Crippen LogP contribution >= 0.6 is 0 Å². The summed E-state index contributed by atoms with van der Waals surface area (Å²) in [6.45, 7) is 3.69. The van der Waals surface area contributed by atoms with Crippen molar-refractivity contribution in [1.82, 2.24) is 20.1 Å². The molecule has 3 rings (SSSR count). The van der Waals surface area contributed by atoms with Gasteiger partial charge in [0.25, 0.3) is 0 Å². The van der Waals surface area contributed by atoms with Crippen LogP contribution < -0.4 is 10.6 Å². The van der Waals surface area contributed by atoms with E-state index in [4.69, 9.17) is 0 Å². The molecule has 0 spiro atoms. The van der Waals surface area contributed by atoms with Crippen molar-refractivity contribution < 1.29 is 4.79 Å². The minimum Gasteiger partial charge on any atom is -0.347 e. The first-order valence-electron chi connectivity index (χ1n) is 8.49. The van der Waals surface area contributed by atoms with E-state index in [2.05, 4.69) is 63.7 Å². The van der Waals surface area contributed by atoms with Crippen LogP contribution in [0.3, 0.4) is 0 Å². The molecule has 1 saturated heterocycles. The summed E-state index contributed by atoms with van der Waals surface area (Å²) in [5.74, 6) is 0. The molecule has 2 amide bonds. The van der Waals surface area contributed by atoms with Gasteiger partial charge in [0.05, 0.1) is 0 Å². The normalized spacial score (nSPS) is 18.9. The predicted molar refractivity (Wildman–Crippen MR) is 93.6 cm³/mol. The van der Waals surface area contributed by atoms with Crippen LogP contribution in [0.1, 0.15) is 19.3 Å². The zero-order valence-electron chi connectivity index (χ0n) is 13.8. The molecule has 1 fully saturated rings. The quantitative estimate of drug-likeness (QED) is 0.833. The number of piperidine rings is 1. The third-order valence-electron chi connectivity index (χ3n) is 4.50. The van der Waals surface area contributed by atoms with Gasteiger partial charge in [-0.25, -0.2) is 4.79 Å². The van der Waals surface area contributed by atoms with Crippen LogP contribution in [-0.4, -0.2) is 48.2 Å². The predicted octanol–water partition coefficient (Wildman–Crippen LogP) is 2.42. The van der Waals surface area contributed by atoms with Gasteiger partial charge < -0.3 is 20.1 Å². The number of hydrogen-bond acceptors (Lipinski definition) is 2. The van der Waals surface area contributed by atoms with Gasteiger partial charge in [-0.1, -0.05) is 18.2 Å². The molecule has 2 aromatic rings. The Labute approximate surface area is 137 Å². The number of likely N-dealkylation sites (N-methyl/N-ethyl adjacent to an activating group) is 1. The molecule has 2 heterocycles. The van der Waals surface area contributed by atoms with Gasteiger partial charge in [0, 0.05) is 37.4 Å². The number of carbonyl (C=O) groups is 1. The first kappa shape index (κ1) is 15.9. The number of nitrogens with one attached hydrogen (secondary N) is 2. The van der Waals surface area contributed by atoms with Gasteiger partial charge in [-0.15, -0.1) is 0 Å². The Hall–Kier alpha value is -2.01. The number of carbonyl (C=O) groups excluding carboxylic acids is 1. The number of urea groups is 1. The molecule has 5 heteroatoms. The number of rotatable bonds is 5. The maximum atomic E-state index is 11.9. The monoisotopic (exact) mass is 314 g/mol. The number of benzene rings is 1. The average molecular weight is 314 g/mol. The summed E-state index contributed by atoms with van der Waals surface area (Å²) >= 11 is 0. The van der Waals surface area contributed by atoms with Crippen molar-refractivity contribution in [2.45, 2.75) is 31.8 Å². The van der Waals surface area contributed by atoms with Gasteiger partial charge in [-0.3, -0.25) is 0 Å². The lowest BCUT2D eigenvalue weighted by atomic mass is 10.1. The van der Waals surface area contributed by atoms with Gasteiger partial charge in [-0.2, -0.15) is 0 Å². The highest BCUT2D eigenvalue weighted by Gasteiger charge is 2.18. The molecule has 0 bridgehead atoms. The first-order chi connectivity index (χ1) is 11.2. The zero-order chi connectivity index (χ0) is 16.1. The Balaban J connectivity index is 1.38. The van der Waals surface area contributed by atoms with Gasteiger partial charge >= 0.3 is 6.03 Å². The van der Waals surface area contributed by atoms with Crippen LogP contribution in [0.15, 0.2) is 36.5 Å². The molecule has 2 N–H and O–H groups in total. The molecule has 1 aliphatic heterocycles. The van der Waals surface area contributed by atoms with Gasteiger partial charge in [0.1, 0.15) is 0 Å². The molecule has 124 valence electrons. The molecule has 0 aliphatic carbocycles. The minimum absolute atomic E-state index is 0.0392. The largest absolute Gasteiger partial charge is 0.347 e. The van der Waals surface area contributed by atoms with E-state index in [1.165, 1.54) is 10.9 Å². The minimum atomic E-state index is -0.0392.